The smallest absolute Gasteiger partial charge is 0.341 e. The first kappa shape index (κ1) is 23.9. The Morgan fingerprint density at radius 2 is 2.03 bits per heavy atom. The molecular formula is C22H32ClN3O4. The minimum absolute atomic E-state index is 0.00604. The van der Waals surface area contributed by atoms with E-state index in [9.17, 15) is 15.0 Å². The maximum Gasteiger partial charge on any atom is 0.341 e. The molecule has 0 amide bonds. The summed E-state index contributed by atoms with van der Waals surface area (Å²) in [6.07, 6.45) is 8.49. The number of ether oxygens (including phenoxy) is 1. The van der Waals surface area contributed by atoms with Crippen LogP contribution >= 0.6 is 11.6 Å². The maximum atomic E-state index is 12.1. The van der Waals surface area contributed by atoms with E-state index in [1.807, 2.05) is 27.1 Å². The number of carbonyl (C=O) groups excluding carboxylic acids is 1. The Bertz CT molecular complexity index is 810. The monoisotopic (exact) mass is 437 g/mol. The number of carbonyl (C=O) groups is 1. The summed E-state index contributed by atoms with van der Waals surface area (Å²) in [4.78, 5) is 16.5. The van der Waals surface area contributed by atoms with Crippen molar-refractivity contribution in [1.29, 1.82) is 0 Å². The van der Waals surface area contributed by atoms with Gasteiger partial charge in [0.05, 0.1) is 12.1 Å². The third-order valence-electron chi connectivity index (χ3n) is 5.25. The average molecular weight is 438 g/mol. The van der Waals surface area contributed by atoms with E-state index in [1.165, 1.54) is 12.7 Å². The van der Waals surface area contributed by atoms with E-state index in [0.29, 0.717) is 18.4 Å². The van der Waals surface area contributed by atoms with Crippen molar-refractivity contribution in [2.45, 2.75) is 39.3 Å². The molecule has 0 aromatic heterocycles. The zero-order chi connectivity index (χ0) is 22.3. The predicted octanol–water partition coefficient (Wildman–Crippen LogP) is 3.46. The molecule has 0 aliphatic carbocycles. The van der Waals surface area contributed by atoms with Gasteiger partial charge >= 0.3 is 5.97 Å². The maximum absolute atomic E-state index is 12.1. The fraction of sp³-hybridized carbons (Fsp3) is 0.500. The second kappa shape index (κ2) is 11.1. The molecule has 1 unspecified atom stereocenters. The van der Waals surface area contributed by atoms with Crippen LogP contribution in [0.2, 0.25) is 5.02 Å². The van der Waals surface area contributed by atoms with E-state index < -0.39 is 5.97 Å². The van der Waals surface area contributed by atoms with E-state index >= 15 is 0 Å². The number of rotatable bonds is 6. The van der Waals surface area contributed by atoms with Crippen molar-refractivity contribution < 1.29 is 19.7 Å². The third kappa shape index (κ3) is 5.40. The van der Waals surface area contributed by atoms with E-state index in [4.69, 9.17) is 16.3 Å². The molecule has 0 radical (unpaired) electrons. The van der Waals surface area contributed by atoms with Gasteiger partial charge in [-0.15, -0.1) is 0 Å². The molecule has 0 bridgehead atoms. The lowest BCUT2D eigenvalue weighted by molar-refractivity contribution is 0.0595. The number of phenols is 2. The molecule has 3 N–H and O–H groups in total. The molecule has 2 heterocycles. The Labute approximate surface area is 183 Å². The lowest BCUT2D eigenvalue weighted by atomic mass is 9.99. The first-order chi connectivity index (χ1) is 14.4. The Kier molecular flexibility index (Phi) is 8.87. The first-order valence-corrected chi connectivity index (χ1v) is 10.7. The SMILES string of the molecule is CC.COC(=O)c1c(O)cc(O)c(Cl)c1CCC1N(C)C=CN1CC1=CCNCC1. The van der Waals surface area contributed by atoms with E-state index in [1.54, 1.807) is 0 Å². The van der Waals surface area contributed by atoms with Gasteiger partial charge in [-0.1, -0.05) is 37.1 Å². The van der Waals surface area contributed by atoms with Crippen molar-refractivity contribution in [2.24, 2.45) is 0 Å². The minimum atomic E-state index is -0.677. The van der Waals surface area contributed by atoms with Gasteiger partial charge in [0.25, 0.3) is 0 Å². The molecule has 2 aliphatic rings. The van der Waals surface area contributed by atoms with Gasteiger partial charge in [-0.2, -0.15) is 0 Å². The van der Waals surface area contributed by atoms with Crippen LogP contribution in [0.5, 0.6) is 11.5 Å². The molecule has 0 spiro atoms. The first-order valence-electron chi connectivity index (χ1n) is 10.3. The van der Waals surface area contributed by atoms with Gasteiger partial charge in [0.1, 0.15) is 23.2 Å². The standard InChI is InChI=1S/C20H26ClN3O4.C2H6/c1-23-9-10-24(12-13-5-7-22-8-6-13)17(23)4-3-14-18(20(27)28-2)15(25)11-16(26)19(14)21;1-2/h5,9-11,17,22,25-26H,3-4,6-8,12H2,1-2H3;1-2H3. The molecule has 7 nitrogen and oxygen atoms in total. The van der Waals surface area contributed by atoms with Crippen LogP contribution in [0.4, 0.5) is 0 Å². The van der Waals surface area contributed by atoms with Crippen molar-refractivity contribution in [3.63, 3.8) is 0 Å². The van der Waals surface area contributed by atoms with E-state index in [0.717, 1.165) is 32.1 Å². The number of nitrogens with one attached hydrogen (secondary N) is 1. The van der Waals surface area contributed by atoms with Gasteiger partial charge in [-0.05, 0) is 31.4 Å². The highest BCUT2D eigenvalue weighted by molar-refractivity contribution is 6.33. The van der Waals surface area contributed by atoms with Gasteiger partial charge in [0.15, 0.2) is 0 Å². The summed E-state index contributed by atoms with van der Waals surface area (Å²) in [5.41, 5.74) is 1.80. The Hall–Kier alpha value is -2.38. The number of halogens is 1. The fourth-order valence-electron chi connectivity index (χ4n) is 3.72. The molecular weight excluding hydrogens is 406 g/mol. The molecule has 166 valence electrons. The summed E-state index contributed by atoms with van der Waals surface area (Å²) < 4.78 is 4.78. The van der Waals surface area contributed by atoms with Crippen molar-refractivity contribution in [3.05, 3.63) is 46.3 Å². The van der Waals surface area contributed by atoms with Crippen LogP contribution in [0.15, 0.2) is 30.1 Å². The number of phenolic OH excluding ortho intramolecular Hbond substituents is 2. The quantitative estimate of drug-likeness (QED) is 0.464. The highest BCUT2D eigenvalue weighted by atomic mass is 35.5. The molecule has 0 saturated carbocycles. The molecule has 0 saturated heterocycles. The Balaban J connectivity index is 0.00000155. The summed E-state index contributed by atoms with van der Waals surface area (Å²) >= 11 is 6.26. The van der Waals surface area contributed by atoms with Crippen molar-refractivity contribution in [2.75, 3.05) is 33.8 Å². The fourth-order valence-corrected chi connectivity index (χ4v) is 3.96. The van der Waals surface area contributed by atoms with Gasteiger partial charge in [-0.3, -0.25) is 0 Å². The summed E-state index contributed by atoms with van der Waals surface area (Å²) in [5, 5.41) is 23.5. The summed E-state index contributed by atoms with van der Waals surface area (Å²) in [5.74, 6) is -1.26. The van der Waals surface area contributed by atoms with Crippen LogP contribution in [-0.4, -0.2) is 65.9 Å². The Morgan fingerprint density at radius 3 is 2.67 bits per heavy atom. The zero-order valence-electron chi connectivity index (χ0n) is 18.1. The molecule has 2 aliphatic heterocycles. The number of hydrogen-bond acceptors (Lipinski definition) is 7. The number of aromatic hydroxyl groups is 2. The normalized spacial score (nSPS) is 18.0. The van der Waals surface area contributed by atoms with Gasteiger partial charge in [0, 0.05) is 38.6 Å². The van der Waals surface area contributed by atoms with Gasteiger partial charge in [0.2, 0.25) is 0 Å². The number of nitrogens with zero attached hydrogens (tertiary/aromatic N) is 2. The summed E-state index contributed by atoms with van der Waals surface area (Å²) in [6.45, 7) is 6.73. The molecule has 1 aromatic carbocycles. The van der Waals surface area contributed by atoms with Gasteiger partial charge in [-0.25, -0.2) is 4.79 Å². The molecule has 3 rings (SSSR count). The molecule has 8 heteroatoms. The van der Waals surface area contributed by atoms with E-state index in [2.05, 4.69) is 27.4 Å². The van der Waals surface area contributed by atoms with Crippen LogP contribution < -0.4 is 5.32 Å². The predicted molar refractivity (Wildman–Crippen MR) is 119 cm³/mol. The van der Waals surface area contributed by atoms with Crippen LogP contribution in [0.1, 0.15) is 42.6 Å². The number of methoxy groups -OCH3 is 1. The van der Waals surface area contributed by atoms with Crippen LogP contribution in [-0.2, 0) is 11.2 Å². The van der Waals surface area contributed by atoms with Crippen LogP contribution in [0.3, 0.4) is 0 Å². The highest BCUT2D eigenvalue weighted by Gasteiger charge is 2.28. The number of esters is 1. The minimum Gasteiger partial charge on any atom is -0.507 e. The summed E-state index contributed by atoms with van der Waals surface area (Å²) in [7, 11) is 3.25. The highest BCUT2D eigenvalue weighted by Crippen LogP contribution is 2.38. The second-order valence-electron chi connectivity index (χ2n) is 7.05. The second-order valence-corrected chi connectivity index (χ2v) is 7.42. The Morgan fingerprint density at radius 1 is 1.30 bits per heavy atom. The summed E-state index contributed by atoms with van der Waals surface area (Å²) in [6, 6.07) is 1.07. The molecule has 30 heavy (non-hydrogen) atoms. The van der Waals surface area contributed by atoms with E-state index in [-0.39, 0.29) is 28.3 Å². The van der Waals surface area contributed by atoms with Crippen LogP contribution in [0, 0.1) is 0 Å². The van der Waals surface area contributed by atoms with Crippen molar-refractivity contribution in [1.82, 2.24) is 15.1 Å². The number of benzene rings is 1. The topological polar surface area (TPSA) is 85.3 Å². The van der Waals surface area contributed by atoms with Crippen molar-refractivity contribution in [3.8, 4) is 11.5 Å². The zero-order valence-corrected chi connectivity index (χ0v) is 18.9. The third-order valence-corrected chi connectivity index (χ3v) is 5.67. The molecule has 1 aromatic rings. The molecule has 1 atom stereocenters. The van der Waals surface area contributed by atoms with Crippen molar-refractivity contribution >= 4 is 17.6 Å². The largest absolute Gasteiger partial charge is 0.507 e. The van der Waals surface area contributed by atoms with Crippen LogP contribution in [0.25, 0.3) is 0 Å². The number of hydrogen-bond donors (Lipinski definition) is 3. The lowest BCUT2D eigenvalue weighted by Crippen LogP contribution is -2.38. The molecule has 0 fully saturated rings. The lowest BCUT2D eigenvalue weighted by Gasteiger charge is -2.32. The average Bonchev–Trinajstić information content (AvgIpc) is 3.10. The van der Waals surface area contributed by atoms with Gasteiger partial charge < -0.3 is 30.1 Å².